The molecule has 6 nitrogen and oxygen atoms in total. The molecule has 1 atom stereocenters. The molecule has 0 bridgehead atoms. The first kappa shape index (κ1) is 22.6. The lowest BCUT2D eigenvalue weighted by atomic mass is 9.90. The second kappa shape index (κ2) is 11.3. The maximum Gasteiger partial charge on any atom is 0.225 e. The minimum Gasteiger partial charge on any atom is -0.372 e. The van der Waals surface area contributed by atoms with Gasteiger partial charge in [-0.2, -0.15) is 0 Å². The van der Waals surface area contributed by atoms with Gasteiger partial charge in [-0.15, -0.1) is 0 Å². The number of rotatable bonds is 8. The van der Waals surface area contributed by atoms with E-state index in [1.807, 2.05) is 42.5 Å². The van der Waals surface area contributed by atoms with Gasteiger partial charge in [-0.25, -0.2) is 0 Å². The lowest BCUT2D eigenvalue weighted by molar-refractivity contribution is -0.116. The molecule has 0 radical (unpaired) electrons. The Balaban J connectivity index is 1.27. The molecule has 1 unspecified atom stereocenters. The highest BCUT2D eigenvalue weighted by molar-refractivity contribution is 5.94. The molecule has 1 amide bonds. The van der Waals surface area contributed by atoms with E-state index in [4.69, 9.17) is 4.74 Å². The van der Waals surface area contributed by atoms with Gasteiger partial charge in [0.2, 0.25) is 5.91 Å². The highest BCUT2D eigenvalue weighted by atomic mass is 16.5. The van der Waals surface area contributed by atoms with Crippen molar-refractivity contribution in [2.75, 3.05) is 18.9 Å². The van der Waals surface area contributed by atoms with Gasteiger partial charge in [0.25, 0.3) is 0 Å². The minimum atomic E-state index is 0.0507. The third-order valence-corrected chi connectivity index (χ3v) is 5.68. The molecule has 1 heterocycles. The summed E-state index contributed by atoms with van der Waals surface area (Å²) in [6, 6.07) is 26.5. The molecule has 1 aliphatic heterocycles. The Labute approximate surface area is 195 Å². The molecule has 3 aromatic rings. The summed E-state index contributed by atoms with van der Waals surface area (Å²) in [7, 11) is 1.75. The van der Waals surface area contributed by atoms with E-state index in [1.54, 1.807) is 7.05 Å². The number of ether oxygens (including phenoxy) is 1. The number of carbonyl (C=O) groups is 1. The molecule has 0 saturated heterocycles. The number of anilines is 1. The summed E-state index contributed by atoms with van der Waals surface area (Å²) in [6.45, 7) is 2.45. The van der Waals surface area contributed by atoms with Gasteiger partial charge in [-0.05, 0) is 28.3 Å². The molecule has 3 N–H and O–H groups in total. The van der Waals surface area contributed by atoms with Gasteiger partial charge in [0.15, 0.2) is 5.96 Å². The van der Waals surface area contributed by atoms with E-state index >= 15 is 0 Å². The number of hydrogen-bond donors (Lipinski definition) is 3. The fourth-order valence-electron chi connectivity index (χ4n) is 4.00. The third-order valence-electron chi connectivity index (χ3n) is 5.68. The zero-order valence-corrected chi connectivity index (χ0v) is 18.9. The number of nitrogens with one attached hydrogen (secondary N) is 3. The van der Waals surface area contributed by atoms with Gasteiger partial charge in [0.05, 0.1) is 13.2 Å². The van der Waals surface area contributed by atoms with Gasteiger partial charge in [-0.1, -0.05) is 72.8 Å². The molecule has 4 rings (SSSR count). The normalized spacial score (nSPS) is 15.5. The first-order valence-corrected chi connectivity index (χ1v) is 11.2. The number of para-hydroxylation sites is 1. The Kier molecular flexibility index (Phi) is 7.72. The molecule has 33 heavy (non-hydrogen) atoms. The van der Waals surface area contributed by atoms with Crippen LogP contribution < -0.4 is 16.0 Å². The van der Waals surface area contributed by atoms with Crippen molar-refractivity contribution in [3.8, 4) is 0 Å². The number of fused-ring (bicyclic) bond motifs is 1. The van der Waals surface area contributed by atoms with Crippen LogP contribution in [0.3, 0.4) is 0 Å². The van der Waals surface area contributed by atoms with E-state index < -0.39 is 0 Å². The smallest absolute Gasteiger partial charge is 0.225 e. The van der Waals surface area contributed by atoms with Crippen molar-refractivity contribution in [1.82, 2.24) is 10.6 Å². The van der Waals surface area contributed by atoms with Gasteiger partial charge >= 0.3 is 0 Å². The summed E-state index contributed by atoms with van der Waals surface area (Å²) in [6.07, 6.45) is 0.464. The van der Waals surface area contributed by atoms with Crippen LogP contribution in [0, 0.1) is 0 Å². The van der Waals surface area contributed by atoms with Crippen LogP contribution in [-0.2, 0) is 29.3 Å². The van der Waals surface area contributed by atoms with Crippen LogP contribution in [0.5, 0.6) is 0 Å². The van der Waals surface area contributed by atoms with Gasteiger partial charge in [0, 0.05) is 38.2 Å². The zero-order valence-electron chi connectivity index (χ0n) is 18.9. The highest BCUT2D eigenvalue weighted by Gasteiger charge is 2.24. The summed E-state index contributed by atoms with van der Waals surface area (Å²) >= 11 is 0. The predicted octanol–water partition coefficient (Wildman–Crippen LogP) is 4.19. The lowest BCUT2D eigenvalue weighted by Gasteiger charge is -2.26. The Hall–Kier alpha value is -3.64. The average Bonchev–Trinajstić information content (AvgIpc) is 2.85. The molecule has 0 saturated carbocycles. The first-order valence-electron chi connectivity index (χ1n) is 11.2. The monoisotopic (exact) mass is 442 g/mol. The number of carbonyl (C=O) groups excluding carboxylic acids is 1. The van der Waals surface area contributed by atoms with E-state index in [0.29, 0.717) is 38.7 Å². The van der Waals surface area contributed by atoms with Crippen molar-refractivity contribution >= 4 is 17.6 Å². The number of aliphatic imine (C=N–C) groups is 1. The van der Waals surface area contributed by atoms with E-state index in [9.17, 15) is 4.79 Å². The lowest BCUT2D eigenvalue weighted by Crippen LogP contribution is -2.40. The number of nitrogens with zero attached hydrogens (tertiary/aromatic N) is 1. The van der Waals surface area contributed by atoms with Gasteiger partial charge in [-0.3, -0.25) is 9.79 Å². The number of amides is 1. The molecule has 0 aliphatic carbocycles. The predicted molar refractivity (Wildman–Crippen MR) is 132 cm³/mol. The third kappa shape index (κ3) is 6.43. The molecule has 3 aromatic carbocycles. The van der Waals surface area contributed by atoms with E-state index in [2.05, 4.69) is 57.3 Å². The molecular formula is C27H30N4O2. The van der Waals surface area contributed by atoms with E-state index in [-0.39, 0.29) is 11.8 Å². The minimum absolute atomic E-state index is 0.0507. The summed E-state index contributed by atoms with van der Waals surface area (Å²) in [5.74, 6) is 0.873. The van der Waals surface area contributed by atoms with Crippen LogP contribution in [-0.4, -0.2) is 25.5 Å². The molecule has 170 valence electrons. The average molecular weight is 443 g/mol. The highest BCUT2D eigenvalue weighted by Crippen LogP contribution is 2.31. The molecule has 0 fully saturated rings. The van der Waals surface area contributed by atoms with Gasteiger partial charge in [0.1, 0.15) is 0 Å². The number of guanidine groups is 1. The van der Waals surface area contributed by atoms with Crippen LogP contribution in [0.15, 0.2) is 83.9 Å². The SMILES string of the molecule is CN=C(NCc1cccc(COCc2ccccc2)c1)NCC1CC(=O)Nc2ccccc21. The Bertz CT molecular complexity index is 1100. The van der Waals surface area contributed by atoms with Crippen molar-refractivity contribution < 1.29 is 9.53 Å². The number of benzene rings is 3. The Morgan fingerprint density at radius 1 is 0.939 bits per heavy atom. The van der Waals surface area contributed by atoms with Crippen molar-refractivity contribution in [2.24, 2.45) is 4.99 Å². The summed E-state index contributed by atoms with van der Waals surface area (Å²) in [4.78, 5) is 16.4. The van der Waals surface area contributed by atoms with Crippen LogP contribution in [0.25, 0.3) is 0 Å². The Morgan fingerprint density at radius 2 is 1.67 bits per heavy atom. The molecule has 0 aromatic heterocycles. The quantitative estimate of drug-likeness (QED) is 0.361. The molecular weight excluding hydrogens is 412 g/mol. The largest absolute Gasteiger partial charge is 0.372 e. The molecule has 1 aliphatic rings. The van der Waals surface area contributed by atoms with Crippen molar-refractivity contribution in [1.29, 1.82) is 0 Å². The summed E-state index contributed by atoms with van der Waals surface area (Å²) in [5.41, 5.74) is 5.51. The van der Waals surface area contributed by atoms with Crippen LogP contribution in [0.2, 0.25) is 0 Å². The Morgan fingerprint density at radius 3 is 2.52 bits per heavy atom. The molecule has 6 heteroatoms. The maximum absolute atomic E-state index is 12.1. The van der Waals surface area contributed by atoms with E-state index in [0.717, 1.165) is 22.4 Å². The van der Waals surface area contributed by atoms with Gasteiger partial charge < -0.3 is 20.7 Å². The maximum atomic E-state index is 12.1. The molecule has 0 spiro atoms. The van der Waals surface area contributed by atoms with Crippen molar-refractivity contribution in [2.45, 2.75) is 32.1 Å². The fourth-order valence-corrected chi connectivity index (χ4v) is 4.00. The second-order valence-electron chi connectivity index (χ2n) is 8.14. The fraction of sp³-hybridized carbons (Fsp3) is 0.259. The standard InChI is InChI=1S/C27H30N4O2/c1-28-27(30-17-23-15-26(32)31-25-13-6-5-12-24(23)25)29-16-21-10-7-11-22(14-21)19-33-18-20-8-3-2-4-9-20/h2-14,23H,15-19H2,1H3,(H,31,32)(H2,28,29,30). The number of hydrogen-bond acceptors (Lipinski definition) is 3. The second-order valence-corrected chi connectivity index (χ2v) is 8.14. The summed E-state index contributed by atoms with van der Waals surface area (Å²) < 4.78 is 5.86. The topological polar surface area (TPSA) is 74.8 Å². The van der Waals surface area contributed by atoms with Crippen LogP contribution in [0.4, 0.5) is 5.69 Å². The zero-order chi connectivity index (χ0) is 22.9. The first-order chi connectivity index (χ1) is 16.2. The van der Waals surface area contributed by atoms with Crippen LogP contribution in [0.1, 0.15) is 34.6 Å². The van der Waals surface area contributed by atoms with Crippen molar-refractivity contribution in [3.05, 3.63) is 101 Å². The summed E-state index contributed by atoms with van der Waals surface area (Å²) in [5, 5.41) is 9.68. The van der Waals surface area contributed by atoms with E-state index in [1.165, 1.54) is 5.56 Å². The van der Waals surface area contributed by atoms with Crippen molar-refractivity contribution in [3.63, 3.8) is 0 Å². The van der Waals surface area contributed by atoms with Crippen LogP contribution >= 0.6 is 0 Å².